The standard InChI is InChI=1S/C20H22N2O/c1-14-8-15(6-7-18(14)12-23-2)11-22-13-21-19-9-16-4-3-5-17(16)10-20(19)22/h6-10,13H,3-5,11-12H2,1-2H3. The topological polar surface area (TPSA) is 27.1 Å². The van der Waals surface area contributed by atoms with E-state index in [1.54, 1.807) is 7.11 Å². The van der Waals surface area contributed by atoms with Crippen molar-refractivity contribution in [1.29, 1.82) is 0 Å². The second-order valence-corrected chi connectivity index (χ2v) is 6.53. The van der Waals surface area contributed by atoms with E-state index in [0.29, 0.717) is 6.61 Å². The summed E-state index contributed by atoms with van der Waals surface area (Å²) in [6, 6.07) is 11.2. The Morgan fingerprint density at radius 2 is 1.96 bits per heavy atom. The first-order valence-electron chi connectivity index (χ1n) is 8.28. The maximum Gasteiger partial charge on any atom is 0.0961 e. The van der Waals surface area contributed by atoms with Crippen molar-refractivity contribution in [3.63, 3.8) is 0 Å². The van der Waals surface area contributed by atoms with Crippen molar-refractivity contribution in [2.75, 3.05) is 7.11 Å². The van der Waals surface area contributed by atoms with Crippen molar-refractivity contribution in [2.45, 2.75) is 39.3 Å². The zero-order chi connectivity index (χ0) is 15.8. The van der Waals surface area contributed by atoms with Gasteiger partial charge in [-0.05, 0) is 66.1 Å². The van der Waals surface area contributed by atoms with E-state index in [1.807, 2.05) is 6.33 Å². The second kappa shape index (κ2) is 5.82. The summed E-state index contributed by atoms with van der Waals surface area (Å²) in [4.78, 5) is 4.60. The third-order valence-corrected chi connectivity index (χ3v) is 4.89. The van der Waals surface area contributed by atoms with E-state index in [4.69, 9.17) is 4.74 Å². The van der Waals surface area contributed by atoms with Crippen LogP contribution in [0.4, 0.5) is 0 Å². The summed E-state index contributed by atoms with van der Waals surface area (Å²) >= 11 is 0. The Kier molecular flexibility index (Phi) is 3.66. The summed E-state index contributed by atoms with van der Waals surface area (Å²) in [7, 11) is 1.74. The fraction of sp³-hybridized carbons (Fsp3) is 0.350. The first kappa shape index (κ1) is 14.5. The van der Waals surface area contributed by atoms with Crippen LogP contribution in [0, 0.1) is 6.92 Å². The number of aromatic nitrogens is 2. The molecule has 4 rings (SSSR count). The first-order chi connectivity index (χ1) is 11.2. The van der Waals surface area contributed by atoms with E-state index in [1.165, 1.54) is 52.6 Å². The largest absolute Gasteiger partial charge is 0.380 e. The number of nitrogens with zero attached hydrogens (tertiary/aromatic N) is 2. The van der Waals surface area contributed by atoms with Gasteiger partial charge in [0.05, 0.1) is 24.0 Å². The minimum absolute atomic E-state index is 0.673. The molecule has 0 radical (unpaired) electrons. The predicted molar refractivity (Wildman–Crippen MR) is 92.8 cm³/mol. The Balaban J connectivity index is 1.66. The first-order valence-corrected chi connectivity index (χ1v) is 8.28. The Morgan fingerprint density at radius 3 is 2.74 bits per heavy atom. The smallest absolute Gasteiger partial charge is 0.0961 e. The molecule has 0 unspecified atom stereocenters. The lowest BCUT2D eigenvalue weighted by Gasteiger charge is -2.10. The number of ether oxygens (including phenoxy) is 1. The molecule has 23 heavy (non-hydrogen) atoms. The van der Waals surface area contributed by atoms with Crippen LogP contribution in [-0.4, -0.2) is 16.7 Å². The van der Waals surface area contributed by atoms with Gasteiger partial charge in [0, 0.05) is 13.7 Å². The fourth-order valence-corrected chi connectivity index (χ4v) is 3.62. The molecule has 0 saturated carbocycles. The number of methoxy groups -OCH3 is 1. The predicted octanol–water partition coefficient (Wildman–Crippen LogP) is 4.03. The lowest BCUT2D eigenvalue weighted by molar-refractivity contribution is 0.184. The van der Waals surface area contributed by atoms with Gasteiger partial charge in [0.1, 0.15) is 0 Å². The Bertz CT molecular complexity index is 863. The van der Waals surface area contributed by atoms with Gasteiger partial charge in [-0.2, -0.15) is 0 Å². The fourth-order valence-electron chi connectivity index (χ4n) is 3.62. The van der Waals surface area contributed by atoms with Crippen LogP contribution >= 0.6 is 0 Å². The van der Waals surface area contributed by atoms with Crippen molar-refractivity contribution in [1.82, 2.24) is 9.55 Å². The van der Waals surface area contributed by atoms with Gasteiger partial charge in [-0.15, -0.1) is 0 Å². The van der Waals surface area contributed by atoms with Crippen molar-refractivity contribution >= 4 is 11.0 Å². The van der Waals surface area contributed by atoms with Gasteiger partial charge in [-0.25, -0.2) is 4.98 Å². The molecule has 0 fully saturated rings. The second-order valence-electron chi connectivity index (χ2n) is 6.53. The maximum atomic E-state index is 5.24. The van der Waals surface area contributed by atoms with Crippen LogP contribution in [0.25, 0.3) is 11.0 Å². The highest BCUT2D eigenvalue weighted by atomic mass is 16.5. The van der Waals surface area contributed by atoms with Gasteiger partial charge in [0.25, 0.3) is 0 Å². The van der Waals surface area contributed by atoms with E-state index in [2.05, 4.69) is 46.8 Å². The van der Waals surface area contributed by atoms with E-state index >= 15 is 0 Å². The van der Waals surface area contributed by atoms with Crippen molar-refractivity contribution in [3.8, 4) is 0 Å². The summed E-state index contributed by atoms with van der Waals surface area (Å²) in [6.07, 6.45) is 5.67. The molecule has 3 nitrogen and oxygen atoms in total. The van der Waals surface area contributed by atoms with Crippen LogP contribution in [0.2, 0.25) is 0 Å². The lowest BCUT2D eigenvalue weighted by atomic mass is 10.1. The van der Waals surface area contributed by atoms with Crippen LogP contribution in [0.5, 0.6) is 0 Å². The molecule has 0 atom stereocenters. The number of fused-ring (bicyclic) bond motifs is 2. The molecule has 3 aromatic rings. The summed E-state index contributed by atoms with van der Waals surface area (Å²) < 4.78 is 7.50. The molecule has 3 heteroatoms. The molecule has 0 saturated heterocycles. The van der Waals surface area contributed by atoms with Gasteiger partial charge in [0.15, 0.2) is 0 Å². The monoisotopic (exact) mass is 306 g/mol. The number of benzene rings is 2. The molecule has 0 amide bonds. The van der Waals surface area contributed by atoms with Crippen molar-refractivity contribution in [3.05, 3.63) is 64.5 Å². The summed E-state index contributed by atoms with van der Waals surface area (Å²) in [6.45, 7) is 3.69. The number of aryl methyl sites for hydroxylation is 3. The van der Waals surface area contributed by atoms with E-state index in [0.717, 1.165) is 12.1 Å². The zero-order valence-corrected chi connectivity index (χ0v) is 13.8. The molecule has 2 aromatic carbocycles. The summed E-state index contributed by atoms with van der Waals surface area (Å²) in [5.74, 6) is 0. The molecule has 1 heterocycles. The molecule has 118 valence electrons. The van der Waals surface area contributed by atoms with Crippen LogP contribution < -0.4 is 0 Å². The zero-order valence-electron chi connectivity index (χ0n) is 13.8. The lowest BCUT2D eigenvalue weighted by Crippen LogP contribution is -2.00. The van der Waals surface area contributed by atoms with Crippen molar-refractivity contribution < 1.29 is 4.74 Å². The maximum absolute atomic E-state index is 5.24. The van der Waals surface area contributed by atoms with Gasteiger partial charge in [0.2, 0.25) is 0 Å². The molecule has 1 aromatic heterocycles. The number of imidazole rings is 1. The molecule has 1 aliphatic carbocycles. The number of hydrogen-bond donors (Lipinski definition) is 0. The Labute approximate surface area is 136 Å². The van der Waals surface area contributed by atoms with Gasteiger partial charge in [-0.3, -0.25) is 0 Å². The summed E-state index contributed by atoms with van der Waals surface area (Å²) in [5.41, 5.74) is 9.22. The average molecular weight is 306 g/mol. The quantitative estimate of drug-likeness (QED) is 0.727. The highest BCUT2D eigenvalue weighted by molar-refractivity contribution is 5.78. The highest BCUT2D eigenvalue weighted by Crippen LogP contribution is 2.27. The molecule has 1 aliphatic rings. The van der Waals surface area contributed by atoms with Gasteiger partial charge >= 0.3 is 0 Å². The third-order valence-electron chi connectivity index (χ3n) is 4.89. The molecule has 0 aliphatic heterocycles. The third kappa shape index (κ3) is 2.66. The Morgan fingerprint density at radius 1 is 1.13 bits per heavy atom. The highest BCUT2D eigenvalue weighted by Gasteiger charge is 2.14. The SMILES string of the molecule is COCc1ccc(Cn2cnc3cc4c(cc32)CCC4)cc1C. The minimum Gasteiger partial charge on any atom is -0.380 e. The van der Waals surface area contributed by atoms with Gasteiger partial charge in [-0.1, -0.05) is 18.2 Å². The van der Waals surface area contributed by atoms with E-state index in [9.17, 15) is 0 Å². The molecular formula is C20H22N2O. The Hall–Kier alpha value is -2.13. The normalized spacial score (nSPS) is 13.7. The summed E-state index contributed by atoms with van der Waals surface area (Å²) in [5, 5.41) is 0. The molecular weight excluding hydrogens is 284 g/mol. The van der Waals surface area contributed by atoms with Crippen LogP contribution in [0.15, 0.2) is 36.7 Å². The number of hydrogen-bond acceptors (Lipinski definition) is 2. The average Bonchev–Trinajstić information content (AvgIpc) is 3.15. The molecule has 0 bridgehead atoms. The van der Waals surface area contributed by atoms with E-state index in [-0.39, 0.29) is 0 Å². The van der Waals surface area contributed by atoms with Crippen LogP contribution in [-0.2, 0) is 30.7 Å². The number of rotatable bonds is 4. The molecule has 0 spiro atoms. The van der Waals surface area contributed by atoms with Crippen molar-refractivity contribution in [2.24, 2.45) is 0 Å². The minimum atomic E-state index is 0.673. The van der Waals surface area contributed by atoms with Gasteiger partial charge < -0.3 is 9.30 Å². The van der Waals surface area contributed by atoms with Crippen LogP contribution in [0.3, 0.4) is 0 Å². The van der Waals surface area contributed by atoms with Crippen LogP contribution in [0.1, 0.15) is 34.2 Å². The molecule has 0 N–H and O–H groups in total. The van der Waals surface area contributed by atoms with E-state index < -0.39 is 0 Å².